The van der Waals surface area contributed by atoms with Gasteiger partial charge in [-0.15, -0.1) is 0 Å². The van der Waals surface area contributed by atoms with Gasteiger partial charge in [0.2, 0.25) is 0 Å². The van der Waals surface area contributed by atoms with Crippen LogP contribution >= 0.6 is 7.60 Å². The van der Waals surface area contributed by atoms with Gasteiger partial charge in [0, 0.05) is 0 Å². The molecule has 3 N–H and O–H groups in total. The summed E-state index contributed by atoms with van der Waals surface area (Å²) < 4.78 is 61.5. The van der Waals surface area contributed by atoms with Crippen LogP contribution in [0.25, 0.3) is 0 Å². The third kappa shape index (κ3) is 5.89. The predicted octanol–water partition coefficient (Wildman–Crippen LogP) is 3.33. The first kappa shape index (κ1) is 20.5. The Labute approximate surface area is 150 Å². The highest BCUT2D eigenvalue weighted by molar-refractivity contribution is 7.93. The Hall–Kier alpha value is -1.77. The first-order valence-electron chi connectivity index (χ1n) is 7.60. The summed E-state index contributed by atoms with van der Waals surface area (Å²) in [6.07, 6.45) is 0.000714. The van der Waals surface area contributed by atoms with Crippen molar-refractivity contribution in [1.29, 1.82) is 0 Å². The molecule has 2 aromatic rings. The molecule has 7 nitrogen and oxygen atoms in total. The van der Waals surface area contributed by atoms with Crippen LogP contribution in [0.5, 0.6) is 11.5 Å². The van der Waals surface area contributed by atoms with Crippen molar-refractivity contribution in [3.05, 3.63) is 59.9 Å². The summed E-state index contributed by atoms with van der Waals surface area (Å²) in [5, 5.41) is 0. The summed E-state index contributed by atoms with van der Waals surface area (Å²) in [6.45, 7) is 0. The van der Waals surface area contributed by atoms with E-state index in [9.17, 15) is 17.4 Å². The quantitative estimate of drug-likeness (QED) is 0.456. The number of ether oxygens (including phenoxy) is 1. The van der Waals surface area contributed by atoms with Crippen molar-refractivity contribution in [3.63, 3.8) is 0 Å². The van der Waals surface area contributed by atoms with E-state index < -0.39 is 34.9 Å². The Bertz CT molecular complexity index is 910. The standard InChI is InChI=1S/C16H18FO7PS/c17-14-8-1-2-9-15(14)24-13-7-3-5-12(11-13)6-4-10-16(25(18,19)20)26(21,22)23/h1-3,5,7-9,11,16H,4,6,10H2,(H2,18,19,20)(H,21,22,23). The van der Waals surface area contributed by atoms with Crippen LogP contribution in [0.2, 0.25) is 0 Å². The van der Waals surface area contributed by atoms with Gasteiger partial charge in [-0.3, -0.25) is 9.12 Å². The summed E-state index contributed by atoms with van der Waals surface area (Å²) in [5.74, 6) is -0.0953. The number of rotatable bonds is 8. The number of para-hydroxylation sites is 1. The Kier molecular flexibility index (Phi) is 6.54. The molecule has 0 saturated carbocycles. The molecule has 10 heteroatoms. The molecule has 0 aliphatic rings. The minimum absolute atomic E-state index is 0.0533. The van der Waals surface area contributed by atoms with Gasteiger partial charge in [0.15, 0.2) is 16.6 Å². The highest BCUT2D eigenvalue weighted by Crippen LogP contribution is 2.46. The summed E-state index contributed by atoms with van der Waals surface area (Å²) >= 11 is 0. The third-order valence-electron chi connectivity index (χ3n) is 3.60. The van der Waals surface area contributed by atoms with E-state index in [0.29, 0.717) is 17.7 Å². The molecule has 2 rings (SSSR count). The zero-order valence-corrected chi connectivity index (χ0v) is 15.2. The maximum atomic E-state index is 13.6. The SMILES string of the molecule is O=P(O)(O)C(CCCc1cccc(Oc2ccccc2F)c1)S(=O)(=O)O. The Morgan fingerprint density at radius 3 is 2.42 bits per heavy atom. The second kappa shape index (κ2) is 8.28. The van der Waals surface area contributed by atoms with E-state index in [1.807, 2.05) is 0 Å². The smallest absolute Gasteiger partial charge is 0.346 e. The maximum absolute atomic E-state index is 13.6. The fourth-order valence-corrected chi connectivity index (χ4v) is 4.76. The van der Waals surface area contributed by atoms with Gasteiger partial charge < -0.3 is 14.5 Å². The van der Waals surface area contributed by atoms with E-state index in [4.69, 9.17) is 19.1 Å². The zero-order valence-electron chi connectivity index (χ0n) is 13.5. The predicted molar refractivity (Wildman–Crippen MR) is 93.2 cm³/mol. The molecule has 0 saturated heterocycles. The second-order valence-electron chi connectivity index (χ2n) is 5.63. The zero-order chi connectivity index (χ0) is 19.4. The van der Waals surface area contributed by atoms with E-state index in [-0.39, 0.29) is 12.2 Å². The summed E-state index contributed by atoms with van der Waals surface area (Å²) in [6, 6.07) is 12.5. The second-order valence-corrected chi connectivity index (χ2v) is 9.38. The van der Waals surface area contributed by atoms with E-state index in [0.717, 1.165) is 0 Å². The van der Waals surface area contributed by atoms with Gasteiger partial charge in [-0.2, -0.15) is 8.42 Å². The van der Waals surface area contributed by atoms with Gasteiger partial charge in [-0.05, 0) is 49.1 Å². The van der Waals surface area contributed by atoms with Gasteiger partial charge in [-0.1, -0.05) is 24.3 Å². The number of benzene rings is 2. The highest BCUT2D eigenvalue weighted by atomic mass is 32.2. The van der Waals surface area contributed by atoms with Crippen molar-refractivity contribution >= 4 is 17.7 Å². The van der Waals surface area contributed by atoms with Crippen molar-refractivity contribution in [3.8, 4) is 11.5 Å². The molecule has 0 radical (unpaired) electrons. The van der Waals surface area contributed by atoms with E-state index >= 15 is 0 Å². The lowest BCUT2D eigenvalue weighted by atomic mass is 10.1. The number of hydrogen-bond acceptors (Lipinski definition) is 4. The molecule has 2 aromatic carbocycles. The van der Waals surface area contributed by atoms with Gasteiger partial charge in [-0.25, -0.2) is 4.39 Å². The molecule has 0 spiro atoms. The van der Waals surface area contributed by atoms with Crippen LogP contribution in [0.4, 0.5) is 4.39 Å². The number of hydrogen-bond donors (Lipinski definition) is 3. The molecule has 1 atom stereocenters. The van der Waals surface area contributed by atoms with Crippen LogP contribution in [0.1, 0.15) is 18.4 Å². The highest BCUT2D eigenvalue weighted by Gasteiger charge is 2.38. The fraction of sp³-hybridized carbons (Fsp3) is 0.250. The van der Waals surface area contributed by atoms with Crippen LogP contribution < -0.4 is 4.74 Å². The molecule has 1 unspecified atom stereocenters. The molecular formula is C16H18FO7PS. The average molecular weight is 404 g/mol. The molecule has 0 aromatic heterocycles. The lowest BCUT2D eigenvalue weighted by Crippen LogP contribution is -2.20. The molecular weight excluding hydrogens is 386 g/mol. The Morgan fingerprint density at radius 2 is 1.81 bits per heavy atom. The normalized spacial score (nSPS) is 13.4. The average Bonchev–Trinajstić information content (AvgIpc) is 2.52. The van der Waals surface area contributed by atoms with Crippen LogP contribution in [0.3, 0.4) is 0 Å². The minimum atomic E-state index is -4.98. The first-order chi connectivity index (χ1) is 12.1. The van der Waals surface area contributed by atoms with Crippen LogP contribution in [0.15, 0.2) is 48.5 Å². The summed E-state index contributed by atoms with van der Waals surface area (Å²) in [4.78, 5) is 16.0. The molecule has 26 heavy (non-hydrogen) atoms. The monoisotopic (exact) mass is 404 g/mol. The Morgan fingerprint density at radius 1 is 1.12 bits per heavy atom. The molecule has 0 aliphatic heterocycles. The summed E-state index contributed by atoms with van der Waals surface area (Å²) in [7, 11) is -9.84. The van der Waals surface area contributed by atoms with Crippen molar-refractivity contribution in [1.82, 2.24) is 0 Å². The molecule has 142 valence electrons. The molecule has 0 bridgehead atoms. The largest absolute Gasteiger partial charge is 0.454 e. The number of halogens is 1. The van der Waals surface area contributed by atoms with Gasteiger partial charge in [0.25, 0.3) is 10.1 Å². The Balaban J connectivity index is 2.03. The van der Waals surface area contributed by atoms with Crippen LogP contribution in [-0.4, -0.2) is 27.7 Å². The van der Waals surface area contributed by atoms with E-state index in [1.54, 1.807) is 30.3 Å². The topological polar surface area (TPSA) is 121 Å². The minimum Gasteiger partial charge on any atom is -0.454 e. The molecule has 0 fully saturated rings. The lowest BCUT2D eigenvalue weighted by Gasteiger charge is -2.15. The molecule has 0 heterocycles. The van der Waals surface area contributed by atoms with Crippen molar-refractivity contribution in [2.45, 2.75) is 24.3 Å². The first-order valence-corrected chi connectivity index (χ1v) is 10.8. The molecule has 0 aliphatic carbocycles. The van der Waals surface area contributed by atoms with Gasteiger partial charge >= 0.3 is 7.60 Å². The van der Waals surface area contributed by atoms with Crippen molar-refractivity contribution < 1.29 is 36.4 Å². The van der Waals surface area contributed by atoms with E-state index in [2.05, 4.69) is 0 Å². The number of aryl methyl sites for hydroxylation is 1. The van der Waals surface area contributed by atoms with E-state index in [1.165, 1.54) is 18.2 Å². The fourth-order valence-electron chi connectivity index (χ4n) is 2.39. The van der Waals surface area contributed by atoms with Crippen molar-refractivity contribution in [2.75, 3.05) is 0 Å². The lowest BCUT2D eigenvalue weighted by molar-refractivity contribution is 0.360. The third-order valence-corrected chi connectivity index (χ3v) is 7.15. The van der Waals surface area contributed by atoms with Gasteiger partial charge in [0.1, 0.15) is 5.75 Å². The maximum Gasteiger partial charge on any atom is 0.346 e. The van der Waals surface area contributed by atoms with Crippen LogP contribution in [-0.2, 0) is 21.1 Å². The van der Waals surface area contributed by atoms with Gasteiger partial charge in [0.05, 0.1) is 0 Å². The summed E-state index contributed by atoms with van der Waals surface area (Å²) in [5.41, 5.74) is 0.707. The molecule has 0 amide bonds. The van der Waals surface area contributed by atoms with Crippen molar-refractivity contribution in [2.24, 2.45) is 0 Å². The van der Waals surface area contributed by atoms with Crippen LogP contribution in [0, 0.1) is 5.82 Å².